The zero-order valence-corrected chi connectivity index (χ0v) is 20.6. The fourth-order valence-electron chi connectivity index (χ4n) is 2.94. The Labute approximate surface area is 210 Å². The highest BCUT2D eigenvalue weighted by Crippen LogP contribution is 2.31. The van der Waals surface area contributed by atoms with Gasteiger partial charge in [0.1, 0.15) is 22.2 Å². The van der Waals surface area contributed by atoms with E-state index in [1.165, 1.54) is 38.5 Å². The highest BCUT2D eigenvalue weighted by molar-refractivity contribution is 7.92. The maximum absolute atomic E-state index is 13.1. The Bertz CT molecular complexity index is 1380. The average Bonchev–Trinajstić information content (AvgIpc) is 2.83. The molecule has 0 saturated carbocycles. The zero-order valence-electron chi connectivity index (χ0n) is 18.3. The molecule has 0 bridgehead atoms. The lowest BCUT2D eigenvalue weighted by atomic mass is 10.1. The monoisotopic (exact) mass is 541 g/mol. The van der Waals surface area contributed by atoms with Crippen LogP contribution in [0.2, 0.25) is 10.0 Å². The van der Waals surface area contributed by atoms with Gasteiger partial charge in [-0.25, -0.2) is 17.6 Å². The summed E-state index contributed by atoms with van der Waals surface area (Å²) in [4.78, 5) is 24.8. The molecule has 3 aromatic carbocycles. The Balaban J connectivity index is 1.82. The second-order valence-corrected chi connectivity index (χ2v) is 9.41. The van der Waals surface area contributed by atoms with Gasteiger partial charge in [-0.2, -0.15) is 0 Å². The molecule has 0 unspecified atom stereocenters. The number of esters is 1. The van der Waals surface area contributed by atoms with Gasteiger partial charge in [-0.05, 0) is 54.6 Å². The standard InChI is InChI=1S/C23H18Cl2FNO7S/c1-32-15-7-8-21(33-2)17(9-15)20(28)12-34-23(29)16-10-22(19(25)11-18(16)24)35(30,31)27-14-5-3-13(26)4-6-14/h3-11,27H,12H2,1-2H3. The summed E-state index contributed by atoms with van der Waals surface area (Å²) in [5, 5.41) is -0.453. The van der Waals surface area contributed by atoms with Crippen molar-refractivity contribution in [3.05, 3.63) is 81.6 Å². The summed E-state index contributed by atoms with van der Waals surface area (Å²) in [6.45, 7) is -0.683. The van der Waals surface area contributed by atoms with E-state index in [9.17, 15) is 22.4 Å². The third kappa shape index (κ3) is 6.21. The van der Waals surface area contributed by atoms with Crippen molar-refractivity contribution in [2.24, 2.45) is 0 Å². The van der Waals surface area contributed by atoms with Crippen molar-refractivity contribution in [3.8, 4) is 11.5 Å². The van der Waals surface area contributed by atoms with Crippen molar-refractivity contribution in [1.29, 1.82) is 0 Å². The van der Waals surface area contributed by atoms with Crippen LogP contribution in [0.1, 0.15) is 20.7 Å². The molecule has 0 atom stereocenters. The first-order valence-electron chi connectivity index (χ1n) is 9.75. The molecule has 0 fully saturated rings. The van der Waals surface area contributed by atoms with Crippen LogP contribution in [0.15, 0.2) is 59.5 Å². The molecule has 0 amide bonds. The molecule has 0 aliphatic heterocycles. The van der Waals surface area contributed by atoms with E-state index in [0.29, 0.717) is 5.75 Å². The lowest BCUT2D eigenvalue weighted by Gasteiger charge is -2.13. The Morgan fingerprint density at radius 3 is 2.23 bits per heavy atom. The van der Waals surface area contributed by atoms with E-state index in [2.05, 4.69) is 4.72 Å². The molecule has 35 heavy (non-hydrogen) atoms. The minimum Gasteiger partial charge on any atom is -0.497 e. The van der Waals surface area contributed by atoms with Gasteiger partial charge in [-0.3, -0.25) is 9.52 Å². The van der Waals surface area contributed by atoms with Crippen molar-refractivity contribution >= 4 is 50.7 Å². The van der Waals surface area contributed by atoms with Crippen LogP contribution in [0.3, 0.4) is 0 Å². The number of methoxy groups -OCH3 is 2. The molecule has 1 N–H and O–H groups in total. The van der Waals surface area contributed by atoms with Crippen LogP contribution < -0.4 is 14.2 Å². The Kier molecular flexibility index (Phi) is 8.21. The number of Topliss-reactive ketones (excluding diaryl/α,β-unsaturated/α-hetero) is 1. The molecule has 3 aromatic rings. The third-order valence-electron chi connectivity index (χ3n) is 4.67. The highest BCUT2D eigenvalue weighted by atomic mass is 35.5. The first-order valence-corrected chi connectivity index (χ1v) is 12.0. The topological polar surface area (TPSA) is 108 Å². The largest absolute Gasteiger partial charge is 0.497 e. The summed E-state index contributed by atoms with van der Waals surface area (Å²) in [5.41, 5.74) is -0.144. The van der Waals surface area contributed by atoms with Crippen molar-refractivity contribution in [3.63, 3.8) is 0 Å². The predicted octanol–water partition coefficient (Wildman–Crippen LogP) is 4.99. The highest BCUT2D eigenvalue weighted by Gasteiger charge is 2.24. The van der Waals surface area contributed by atoms with Crippen LogP contribution in [-0.2, 0) is 14.8 Å². The molecular formula is C23H18Cl2FNO7S. The average molecular weight is 542 g/mol. The number of hydrogen-bond donors (Lipinski definition) is 1. The number of carbonyl (C=O) groups is 2. The van der Waals surface area contributed by atoms with E-state index in [-0.39, 0.29) is 32.6 Å². The third-order valence-corrected chi connectivity index (χ3v) is 6.83. The minimum absolute atomic E-state index is 0.0689. The number of halogens is 3. The van der Waals surface area contributed by atoms with E-state index < -0.39 is 39.1 Å². The Morgan fingerprint density at radius 2 is 1.60 bits per heavy atom. The molecule has 8 nitrogen and oxygen atoms in total. The molecule has 0 radical (unpaired) electrons. The fraction of sp³-hybridized carbons (Fsp3) is 0.130. The van der Waals surface area contributed by atoms with Crippen LogP contribution in [0.4, 0.5) is 10.1 Å². The first kappa shape index (κ1) is 26.3. The van der Waals surface area contributed by atoms with E-state index >= 15 is 0 Å². The van der Waals surface area contributed by atoms with Crippen molar-refractivity contribution in [2.75, 3.05) is 25.5 Å². The lowest BCUT2D eigenvalue weighted by molar-refractivity contribution is 0.0474. The summed E-state index contributed by atoms with van der Waals surface area (Å²) in [5.74, 6) is -1.56. The maximum Gasteiger partial charge on any atom is 0.340 e. The van der Waals surface area contributed by atoms with Gasteiger partial charge in [-0.15, -0.1) is 0 Å². The van der Waals surface area contributed by atoms with E-state index in [1.54, 1.807) is 6.07 Å². The summed E-state index contributed by atoms with van der Waals surface area (Å²) in [6, 6.07) is 11.1. The molecule has 3 rings (SSSR count). The number of anilines is 1. The number of ketones is 1. The molecular weight excluding hydrogens is 524 g/mol. The lowest BCUT2D eigenvalue weighted by Crippen LogP contribution is -2.17. The summed E-state index contributed by atoms with van der Waals surface area (Å²) < 4.78 is 56.3. The van der Waals surface area contributed by atoms with Gasteiger partial charge in [-0.1, -0.05) is 23.2 Å². The second-order valence-electron chi connectivity index (χ2n) is 6.94. The molecule has 0 aliphatic rings. The smallest absolute Gasteiger partial charge is 0.340 e. The van der Waals surface area contributed by atoms with Gasteiger partial charge in [0.05, 0.1) is 35.4 Å². The molecule has 0 heterocycles. The maximum atomic E-state index is 13.1. The zero-order chi connectivity index (χ0) is 25.8. The van der Waals surface area contributed by atoms with Crippen LogP contribution >= 0.6 is 23.2 Å². The van der Waals surface area contributed by atoms with Crippen molar-refractivity contribution < 1.29 is 36.6 Å². The van der Waals surface area contributed by atoms with Crippen molar-refractivity contribution in [2.45, 2.75) is 4.90 Å². The molecule has 184 valence electrons. The fourth-order valence-corrected chi connectivity index (χ4v) is 4.85. The minimum atomic E-state index is -4.29. The van der Waals surface area contributed by atoms with Crippen LogP contribution in [0, 0.1) is 5.82 Å². The number of carbonyl (C=O) groups excluding carboxylic acids is 2. The molecule has 12 heteroatoms. The van der Waals surface area contributed by atoms with Gasteiger partial charge in [0.15, 0.2) is 6.61 Å². The van der Waals surface area contributed by atoms with Gasteiger partial charge in [0, 0.05) is 5.69 Å². The van der Waals surface area contributed by atoms with Crippen molar-refractivity contribution in [1.82, 2.24) is 0 Å². The number of benzene rings is 3. The van der Waals surface area contributed by atoms with Crippen LogP contribution in [-0.4, -0.2) is 41.0 Å². The summed E-state index contributed by atoms with van der Waals surface area (Å²) in [6.07, 6.45) is 0. The number of rotatable bonds is 9. The number of hydrogen-bond acceptors (Lipinski definition) is 7. The summed E-state index contributed by atoms with van der Waals surface area (Å²) in [7, 11) is -1.49. The van der Waals surface area contributed by atoms with E-state index in [1.807, 2.05) is 0 Å². The quantitative estimate of drug-likeness (QED) is 0.300. The number of nitrogens with one attached hydrogen (secondary N) is 1. The molecule has 0 spiro atoms. The van der Waals surface area contributed by atoms with Gasteiger partial charge in [0.25, 0.3) is 10.0 Å². The van der Waals surface area contributed by atoms with Gasteiger partial charge < -0.3 is 14.2 Å². The van der Waals surface area contributed by atoms with Gasteiger partial charge in [0.2, 0.25) is 5.78 Å². The second kappa shape index (κ2) is 10.9. The summed E-state index contributed by atoms with van der Waals surface area (Å²) >= 11 is 12.1. The molecule has 0 aromatic heterocycles. The van der Waals surface area contributed by atoms with E-state index in [0.717, 1.165) is 24.3 Å². The Hall–Kier alpha value is -3.34. The normalized spacial score (nSPS) is 11.0. The Morgan fingerprint density at radius 1 is 0.914 bits per heavy atom. The van der Waals surface area contributed by atoms with E-state index in [4.69, 9.17) is 37.4 Å². The predicted molar refractivity (Wildman–Crippen MR) is 128 cm³/mol. The van der Waals surface area contributed by atoms with Crippen LogP contribution in [0.5, 0.6) is 11.5 Å². The van der Waals surface area contributed by atoms with Crippen LogP contribution in [0.25, 0.3) is 0 Å². The number of ether oxygens (including phenoxy) is 3. The number of sulfonamides is 1. The molecule has 0 aliphatic carbocycles. The SMILES string of the molecule is COc1ccc(OC)c(C(=O)COC(=O)c2cc(S(=O)(=O)Nc3ccc(F)cc3)c(Cl)cc2Cl)c1. The molecule has 0 saturated heterocycles. The first-order chi connectivity index (χ1) is 16.6. The van der Waals surface area contributed by atoms with Gasteiger partial charge >= 0.3 is 5.97 Å².